The van der Waals surface area contributed by atoms with E-state index in [4.69, 9.17) is 19.5 Å². The fourth-order valence-electron chi connectivity index (χ4n) is 8.48. The van der Waals surface area contributed by atoms with Gasteiger partial charge in [0.15, 0.2) is 22.8 Å². The number of aliphatic hydroxyl groups excluding tert-OH is 2. The normalized spacial score (nSPS) is 19.1. The summed E-state index contributed by atoms with van der Waals surface area (Å²) in [6.07, 6.45) is 18.7. The first-order valence-corrected chi connectivity index (χ1v) is 32.4. The lowest BCUT2D eigenvalue weighted by Crippen LogP contribution is -2.46. The number of carbonyl (C=O) groups is 4. The van der Waals surface area contributed by atoms with Gasteiger partial charge in [0, 0.05) is 37.1 Å². The fourth-order valence-corrected chi connectivity index (χ4v) is 12.0. The number of nitrogens with two attached hydrogens (primary N) is 1. The average Bonchev–Trinajstić information content (AvgIpc) is 3.91. The number of imidazole rings is 1. The van der Waals surface area contributed by atoms with Gasteiger partial charge in [0.2, 0.25) is 11.8 Å². The van der Waals surface area contributed by atoms with E-state index in [0.717, 1.165) is 60.6 Å². The van der Waals surface area contributed by atoms with Crippen LogP contribution < -0.4 is 16.4 Å². The number of unbranched alkanes of at least 4 members (excludes halogenated alkanes) is 18. The number of phosphoric acid groups is 3. The molecule has 3 heterocycles. The number of Topliss-reactive ketones (excluding diaryl/α,β-unsaturated/α-hetero) is 1. The SMILES string of the molecule is CC(C)CCCCCCCCCCCCCCCCCCCCCC(=O)CC(=O)SCCNC(=O)CCNC(=O)[C@@H](O)C(C)(C)COP(=O)(O)OP(=O)(O)OC[C@@H]1O[C@H](n2cnc3c(N)ncnc32)[C@@H](O)[C@H]1OP(=O)(O)O. The standard InChI is InChI=1S/C48H86N7O18P3S/c1-35(2)24-22-20-18-16-14-12-10-8-6-5-7-9-11-13-15-17-19-21-23-25-36(56)30-39(58)77-29-28-50-38(57)26-27-51-46(61)43(60)48(3,4)32-70-76(67,68)73-75(65,66)69-31-37-42(72-74(62,63)64)41(59)47(71-37)55-34-54-40-44(49)52-33-53-45(40)55/h33-35,37,41-43,47,59-60H,5-32H2,1-4H3,(H,50,57)(H,51,61)(H,65,66)(H,67,68)(H2,49,52,53)(H2,62,63,64)/t37-,41-,42-,43+,47-/m0/s1. The molecule has 0 radical (unpaired) electrons. The molecule has 2 amide bonds. The Balaban J connectivity index is 1.21. The molecule has 2 aromatic heterocycles. The van der Waals surface area contributed by atoms with Crippen LogP contribution in [0.15, 0.2) is 12.7 Å². The molecule has 442 valence electrons. The van der Waals surface area contributed by atoms with Crippen LogP contribution in [0.2, 0.25) is 0 Å². The molecule has 0 spiro atoms. The molecule has 1 saturated heterocycles. The number of aliphatic hydroxyl groups is 2. The molecule has 0 aromatic carbocycles. The van der Waals surface area contributed by atoms with Gasteiger partial charge in [-0.2, -0.15) is 4.31 Å². The second-order valence-corrected chi connectivity index (χ2v) is 26.0. The summed E-state index contributed by atoms with van der Waals surface area (Å²) in [6, 6.07) is 0. The minimum absolute atomic E-state index is 0.0271. The van der Waals surface area contributed by atoms with Gasteiger partial charge in [-0.05, 0) is 12.3 Å². The fraction of sp³-hybridized carbons (Fsp3) is 0.812. The summed E-state index contributed by atoms with van der Waals surface area (Å²) in [6.45, 7) is 4.96. The molecule has 10 N–H and O–H groups in total. The number of fused-ring (bicyclic) bond motifs is 1. The molecule has 0 aliphatic carbocycles. The van der Waals surface area contributed by atoms with Crippen molar-refractivity contribution in [3.63, 3.8) is 0 Å². The van der Waals surface area contributed by atoms with E-state index in [1.54, 1.807) is 0 Å². The summed E-state index contributed by atoms with van der Waals surface area (Å²) in [5.74, 6) is -0.550. The number of aromatic nitrogens is 4. The number of carbonyl (C=O) groups excluding carboxylic acids is 4. The van der Waals surface area contributed by atoms with Crippen molar-refractivity contribution in [2.45, 2.75) is 206 Å². The summed E-state index contributed by atoms with van der Waals surface area (Å²) in [5.41, 5.74) is 4.25. The van der Waals surface area contributed by atoms with Crippen molar-refractivity contribution in [2.75, 3.05) is 37.8 Å². The molecule has 0 bridgehead atoms. The highest BCUT2D eigenvalue weighted by Gasteiger charge is 2.50. The van der Waals surface area contributed by atoms with Crippen LogP contribution in [0.5, 0.6) is 0 Å². The average molecular weight is 1170 g/mol. The second kappa shape index (κ2) is 35.2. The van der Waals surface area contributed by atoms with Gasteiger partial charge in [0.25, 0.3) is 0 Å². The van der Waals surface area contributed by atoms with Gasteiger partial charge in [0.1, 0.15) is 42.0 Å². The number of phosphoric ester groups is 3. The van der Waals surface area contributed by atoms with Gasteiger partial charge in [0.05, 0.1) is 26.0 Å². The Kier molecular flexibility index (Phi) is 31.3. The largest absolute Gasteiger partial charge is 0.481 e. The monoisotopic (exact) mass is 1170 g/mol. The van der Waals surface area contributed by atoms with E-state index in [9.17, 15) is 62.7 Å². The Morgan fingerprint density at radius 1 is 0.779 bits per heavy atom. The third-order valence-electron chi connectivity index (χ3n) is 12.8. The van der Waals surface area contributed by atoms with Crippen molar-refractivity contribution in [3.8, 4) is 0 Å². The summed E-state index contributed by atoms with van der Waals surface area (Å²) in [7, 11) is -16.5. The summed E-state index contributed by atoms with van der Waals surface area (Å²) in [5, 5.41) is 26.3. The number of hydrogen-bond acceptors (Lipinski definition) is 19. The second-order valence-electron chi connectivity index (χ2n) is 20.7. The molecule has 1 fully saturated rings. The molecular weight excluding hydrogens is 1090 g/mol. The smallest absolute Gasteiger partial charge is 0.386 e. The highest BCUT2D eigenvalue weighted by Crippen LogP contribution is 2.61. The first-order valence-electron chi connectivity index (χ1n) is 26.9. The molecule has 0 saturated carbocycles. The number of hydrogen-bond donors (Lipinski definition) is 9. The van der Waals surface area contributed by atoms with Gasteiger partial charge >= 0.3 is 23.5 Å². The highest BCUT2D eigenvalue weighted by molar-refractivity contribution is 8.13. The van der Waals surface area contributed by atoms with Crippen LogP contribution in [0.1, 0.15) is 182 Å². The van der Waals surface area contributed by atoms with Crippen LogP contribution in [0.3, 0.4) is 0 Å². The topological polar surface area (TPSA) is 381 Å². The van der Waals surface area contributed by atoms with E-state index in [1.165, 1.54) is 117 Å². The summed E-state index contributed by atoms with van der Waals surface area (Å²) >= 11 is 0.945. The molecule has 1 aliphatic heterocycles. The van der Waals surface area contributed by atoms with Crippen molar-refractivity contribution < 1.29 is 85.3 Å². The van der Waals surface area contributed by atoms with Crippen LogP contribution in [0.4, 0.5) is 5.82 Å². The molecule has 77 heavy (non-hydrogen) atoms. The van der Waals surface area contributed by atoms with Crippen molar-refractivity contribution in [2.24, 2.45) is 11.3 Å². The van der Waals surface area contributed by atoms with Crippen LogP contribution in [0, 0.1) is 11.3 Å². The van der Waals surface area contributed by atoms with Crippen LogP contribution in [-0.2, 0) is 55.5 Å². The number of amides is 2. The van der Waals surface area contributed by atoms with Crippen LogP contribution in [0.25, 0.3) is 11.2 Å². The third kappa shape index (κ3) is 28.0. The number of nitrogens with one attached hydrogen (secondary N) is 2. The number of thioether (sulfide) groups is 1. The molecule has 2 aromatic rings. The number of rotatable bonds is 43. The Hall–Kier alpha value is -2.77. The lowest BCUT2D eigenvalue weighted by atomic mass is 9.87. The minimum atomic E-state index is -5.59. The molecule has 29 heteroatoms. The zero-order valence-electron chi connectivity index (χ0n) is 45.1. The van der Waals surface area contributed by atoms with Crippen LogP contribution in [-0.4, -0.2) is 128 Å². The molecule has 3 rings (SSSR count). The van der Waals surface area contributed by atoms with E-state index in [2.05, 4.69) is 48.3 Å². The van der Waals surface area contributed by atoms with Gasteiger partial charge in [-0.3, -0.25) is 37.3 Å². The number of ketones is 1. The minimum Gasteiger partial charge on any atom is -0.386 e. The van der Waals surface area contributed by atoms with Gasteiger partial charge < -0.3 is 50.9 Å². The molecule has 7 atom stereocenters. The Morgan fingerprint density at radius 3 is 1.88 bits per heavy atom. The van der Waals surface area contributed by atoms with Gasteiger partial charge in [-0.1, -0.05) is 161 Å². The number of nitrogen functional groups attached to an aromatic ring is 1. The van der Waals surface area contributed by atoms with Crippen molar-refractivity contribution >= 4 is 74.9 Å². The maximum absolute atomic E-state index is 12.8. The zero-order valence-corrected chi connectivity index (χ0v) is 48.6. The predicted molar refractivity (Wildman–Crippen MR) is 289 cm³/mol. The molecule has 1 aliphatic rings. The predicted octanol–water partition coefficient (Wildman–Crippen LogP) is 7.47. The van der Waals surface area contributed by atoms with E-state index in [0.29, 0.717) is 6.42 Å². The number of anilines is 1. The summed E-state index contributed by atoms with van der Waals surface area (Å²) < 4.78 is 62.5. The number of nitrogens with zero attached hydrogens (tertiary/aromatic N) is 4. The maximum Gasteiger partial charge on any atom is 0.481 e. The van der Waals surface area contributed by atoms with Crippen LogP contribution >= 0.6 is 35.2 Å². The molecule has 25 nitrogen and oxygen atoms in total. The lowest BCUT2D eigenvalue weighted by molar-refractivity contribution is -0.137. The zero-order chi connectivity index (χ0) is 57.1. The van der Waals surface area contributed by atoms with E-state index >= 15 is 0 Å². The number of ether oxygens (including phenoxy) is 1. The summed E-state index contributed by atoms with van der Waals surface area (Å²) in [4.78, 5) is 101. The van der Waals surface area contributed by atoms with E-state index in [1.807, 2.05) is 0 Å². The van der Waals surface area contributed by atoms with Crippen molar-refractivity contribution in [1.29, 1.82) is 0 Å². The van der Waals surface area contributed by atoms with Crippen molar-refractivity contribution in [1.82, 2.24) is 30.2 Å². The Morgan fingerprint density at radius 2 is 1.32 bits per heavy atom. The maximum atomic E-state index is 12.8. The first-order chi connectivity index (χ1) is 36.3. The molecular formula is C48H86N7O18P3S. The highest BCUT2D eigenvalue weighted by atomic mass is 32.2. The quantitative estimate of drug-likeness (QED) is 0.0176. The Bertz CT molecular complexity index is 2260. The van der Waals surface area contributed by atoms with E-state index < -0.39 is 84.6 Å². The molecule has 2 unspecified atom stereocenters. The lowest BCUT2D eigenvalue weighted by Gasteiger charge is -2.30. The first kappa shape index (κ1) is 68.5. The third-order valence-corrected chi connectivity index (χ3v) is 16.8. The van der Waals surface area contributed by atoms with Gasteiger partial charge in [-0.15, -0.1) is 0 Å². The van der Waals surface area contributed by atoms with Crippen molar-refractivity contribution in [3.05, 3.63) is 12.7 Å². The van der Waals surface area contributed by atoms with E-state index in [-0.39, 0.29) is 59.6 Å². The Labute approximate surface area is 456 Å². The van der Waals surface area contributed by atoms with Gasteiger partial charge in [-0.25, -0.2) is 28.6 Å².